The minimum atomic E-state index is -1.45. The fraction of sp³-hybridized carbons (Fsp3) is 0.364. The first-order valence-corrected chi connectivity index (χ1v) is 4.73. The number of benzene rings is 1. The molecule has 88 valence electrons. The lowest BCUT2D eigenvalue weighted by atomic mass is 10.0. The molecular formula is C11H14O5. The van der Waals surface area contributed by atoms with E-state index in [-0.39, 0.29) is 17.9 Å². The molecule has 0 amide bonds. The quantitative estimate of drug-likeness (QED) is 0.703. The number of phenolic OH excluding ortho intramolecular Hbond substituents is 1. The van der Waals surface area contributed by atoms with Gasteiger partial charge < -0.3 is 20.1 Å². The van der Waals surface area contributed by atoms with Gasteiger partial charge in [0.2, 0.25) is 0 Å². The van der Waals surface area contributed by atoms with E-state index in [0.717, 1.165) is 0 Å². The van der Waals surface area contributed by atoms with Crippen LogP contribution in [-0.4, -0.2) is 34.5 Å². The second-order valence-electron chi connectivity index (χ2n) is 3.52. The van der Waals surface area contributed by atoms with Gasteiger partial charge in [0.1, 0.15) is 0 Å². The predicted molar refractivity (Wildman–Crippen MR) is 56.7 cm³/mol. The second-order valence-corrected chi connectivity index (χ2v) is 3.52. The normalized spacial score (nSPS) is 12.2. The number of carbonyl (C=O) groups is 1. The molecule has 1 aromatic carbocycles. The number of hydrogen-bond donors (Lipinski definition) is 3. The first-order valence-electron chi connectivity index (χ1n) is 4.73. The number of aliphatic hydroxyl groups excluding tert-OH is 1. The Bertz CT molecular complexity index is 400. The number of carboxylic acids is 1. The number of aliphatic hydroxyl groups is 1. The zero-order valence-electron chi connectivity index (χ0n) is 9.10. The van der Waals surface area contributed by atoms with E-state index in [1.807, 2.05) is 0 Å². The van der Waals surface area contributed by atoms with Crippen molar-refractivity contribution in [2.75, 3.05) is 7.11 Å². The molecule has 0 radical (unpaired) electrons. The van der Waals surface area contributed by atoms with E-state index < -0.39 is 12.1 Å². The third-order valence-corrected chi connectivity index (χ3v) is 2.26. The first-order chi connectivity index (χ1) is 7.45. The van der Waals surface area contributed by atoms with Gasteiger partial charge in [0, 0.05) is 6.42 Å². The molecule has 0 aliphatic rings. The van der Waals surface area contributed by atoms with Crippen molar-refractivity contribution in [1.29, 1.82) is 0 Å². The van der Waals surface area contributed by atoms with Crippen molar-refractivity contribution < 1.29 is 24.9 Å². The van der Waals surface area contributed by atoms with Crippen LogP contribution in [0.2, 0.25) is 0 Å². The van der Waals surface area contributed by atoms with E-state index >= 15 is 0 Å². The summed E-state index contributed by atoms with van der Waals surface area (Å²) < 4.78 is 4.93. The molecule has 1 unspecified atom stereocenters. The van der Waals surface area contributed by atoms with Crippen molar-refractivity contribution in [1.82, 2.24) is 0 Å². The van der Waals surface area contributed by atoms with Crippen LogP contribution >= 0.6 is 0 Å². The van der Waals surface area contributed by atoms with E-state index in [1.165, 1.54) is 13.2 Å². The molecule has 16 heavy (non-hydrogen) atoms. The Hall–Kier alpha value is -1.75. The zero-order valence-corrected chi connectivity index (χ0v) is 9.10. The molecule has 0 heterocycles. The molecule has 3 N–H and O–H groups in total. The monoisotopic (exact) mass is 226 g/mol. The van der Waals surface area contributed by atoms with Crippen LogP contribution in [0.5, 0.6) is 11.5 Å². The van der Waals surface area contributed by atoms with E-state index in [1.54, 1.807) is 13.0 Å². The van der Waals surface area contributed by atoms with Crippen molar-refractivity contribution >= 4 is 5.97 Å². The molecule has 0 fully saturated rings. The van der Waals surface area contributed by atoms with Crippen molar-refractivity contribution in [3.05, 3.63) is 23.3 Å². The maximum atomic E-state index is 10.5. The van der Waals surface area contributed by atoms with Crippen molar-refractivity contribution in [2.45, 2.75) is 19.4 Å². The maximum absolute atomic E-state index is 10.5. The van der Waals surface area contributed by atoms with Gasteiger partial charge in [0.05, 0.1) is 7.11 Å². The number of aromatic hydroxyl groups is 1. The van der Waals surface area contributed by atoms with Crippen LogP contribution < -0.4 is 4.74 Å². The number of phenols is 1. The summed E-state index contributed by atoms with van der Waals surface area (Å²) in [5.41, 5.74) is 1.17. The van der Waals surface area contributed by atoms with Gasteiger partial charge in [-0.2, -0.15) is 0 Å². The first kappa shape index (κ1) is 12.3. The highest BCUT2D eigenvalue weighted by Crippen LogP contribution is 2.31. The summed E-state index contributed by atoms with van der Waals surface area (Å²) in [5, 5.41) is 27.3. The highest BCUT2D eigenvalue weighted by molar-refractivity contribution is 5.72. The van der Waals surface area contributed by atoms with Gasteiger partial charge in [-0.15, -0.1) is 0 Å². The van der Waals surface area contributed by atoms with E-state index in [0.29, 0.717) is 11.1 Å². The minimum absolute atomic E-state index is 0.0210. The number of methoxy groups -OCH3 is 1. The number of aliphatic carboxylic acids is 1. The summed E-state index contributed by atoms with van der Waals surface area (Å²) in [6.45, 7) is 1.68. The van der Waals surface area contributed by atoms with Crippen molar-refractivity contribution in [3.8, 4) is 11.5 Å². The largest absolute Gasteiger partial charge is 0.504 e. The van der Waals surface area contributed by atoms with Crippen LogP contribution in [0.4, 0.5) is 0 Å². The Morgan fingerprint density at radius 3 is 2.62 bits per heavy atom. The Balaban J connectivity index is 2.98. The Labute approximate surface area is 92.9 Å². The standard InChI is InChI=1S/C11H14O5/c1-6-3-7(4-8(12)11(14)15)5-9(16-2)10(6)13/h3,5,8,12-13H,4H2,1-2H3,(H,14,15). The molecule has 1 aromatic rings. The van der Waals surface area contributed by atoms with E-state index in [2.05, 4.69) is 0 Å². The fourth-order valence-corrected chi connectivity index (χ4v) is 1.40. The van der Waals surface area contributed by atoms with Crippen molar-refractivity contribution in [3.63, 3.8) is 0 Å². The lowest BCUT2D eigenvalue weighted by Crippen LogP contribution is -2.22. The lowest BCUT2D eigenvalue weighted by Gasteiger charge is -2.11. The smallest absolute Gasteiger partial charge is 0.332 e. The average Bonchev–Trinajstić information content (AvgIpc) is 2.22. The number of hydrogen-bond acceptors (Lipinski definition) is 4. The maximum Gasteiger partial charge on any atom is 0.332 e. The highest BCUT2D eigenvalue weighted by atomic mass is 16.5. The van der Waals surface area contributed by atoms with Gasteiger partial charge in [-0.3, -0.25) is 0 Å². The van der Waals surface area contributed by atoms with Crippen LogP contribution in [0, 0.1) is 6.92 Å². The Morgan fingerprint density at radius 1 is 1.50 bits per heavy atom. The molecule has 0 aliphatic carbocycles. The second kappa shape index (κ2) is 4.85. The van der Waals surface area contributed by atoms with Crippen LogP contribution in [0.1, 0.15) is 11.1 Å². The summed E-state index contributed by atoms with van der Waals surface area (Å²) in [4.78, 5) is 10.5. The Kier molecular flexibility index (Phi) is 3.73. The van der Waals surface area contributed by atoms with Crippen molar-refractivity contribution in [2.24, 2.45) is 0 Å². The summed E-state index contributed by atoms with van der Waals surface area (Å²) in [6, 6.07) is 3.12. The lowest BCUT2D eigenvalue weighted by molar-refractivity contribution is -0.146. The van der Waals surface area contributed by atoms with Crippen LogP contribution in [0.3, 0.4) is 0 Å². The highest BCUT2D eigenvalue weighted by Gasteiger charge is 2.16. The molecule has 0 bridgehead atoms. The molecule has 1 rings (SSSR count). The molecular weight excluding hydrogens is 212 g/mol. The van der Waals surface area contributed by atoms with Crippen LogP contribution in [0.25, 0.3) is 0 Å². The average molecular weight is 226 g/mol. The zero-order chi connectivity index (χ0) is 12.3. The summed E-state index contributed by atoms with van der Waals surface area (Å²) in [5.74, 6) is -0.978. The summed E-state index contributed by atoms with van der Waals surface area (Å²) in [7, 11) is 1.41. The number of rotatable bonds is 4. The third kappa shape index (κ3) is 2.64. The molecule has 0 saturated carbocycles. The third-order valence-electron chi connectivity index (χ3n) is 2.26. The topological polar surface area (TPSA) is 87.0 Å². The van der Waals surface area contributed by atoms with Gasteiger partial charge in [0.25, 0.3) is 0 Å². The molecule has 5 heteroatoms. The van der Waals surface area contributed by atoms with Gasteiger partial charge in [-0.25, -0.2) is 4.79 Å². The van der Waals surface area contributed by atoms with Gasteiger partial charge in [-0.1, -0.05) is 6.07 Å². The van der Waals surface area contributed by atoms with E-state index in [4.69, 9.17) is 9.84 Å². The summed E-state index contributed by atoms with van der Waals surface area (Å²) in [6.07, 6.45) is -1.47. The molecule has 0 aliphatic heterocycles. The minimum Gasteiger partial charge on any atom is -0.504 e. The number of aryl methyl sites for hydroxylation is 1. The van der Waals surface area contributed by atoms with E-state index in [9.17, 15) is 15.0 Å². The van der Waals surface area contributed by atoms with Gasteiger partial charge >= 0.3 is 5.97 Å². The van der Waals surface area contributed by atoms with Gasteiger partial charge in [-0.05, 0) is 24.1 Å². The predicted octanol–water partition coefficient (Wildman–Crippen LogP) is 0.697. The Morgan fingerprint density at radius 2 is 2.12 bits per heavy atom. The number of carboxylic acid groups (broad SMARTS) is 1. The molecule has 0 aromatic heterocycles. The summed E-state index contributed by atoms with van der Waals surface area (Å²) >= 11 is 0. The molecule has 0 spiro atoms. The SMILES string of the molecule is COc1cc(CC(O)C(=O)O)cc(C)c1O. The number of ether oxygens (including phenoxy) is 1. The van der Waals surface area contributed by atoms with Gasteiger partial charge in [0.15, 0.2) is 17.6 Å². The molecule has 0 saturated heterocycles. The van der Waals surface area contributed by atoms with Crippen LogP contribution in [-0.2, 0) is 11.2 Å². The molecule has 1 atom stereocenters. The fourth-order valence-electron chi connectivity index (χ4n) is 1.40. The van der Waals surface area contributed by atoms with Crippen LogP contribution in [0.15, 0.2) is 12.1 Å². The molecule has 5 nitrogen and oxygen atoms in total.